The molecule has 0 aliphatic carbocycles. The van der Waals surface area contributed by atoms with E-state index in [-0.39, 0.29) is 18.1 Å². The van der Waals surface area contributed by atoms with Crippen LogP contribution in [0.3, 0.4) is 0 Å². The first-order valence-electron chi connectivity index (χ1n) is 6.97. The summed E-state index contributed by atoms with van der Waals surface area (Å²) in [4.78, 5) is 12.3. The third kappa shape index (κ3) is 4.91. The lowest BCUT2D eigenvalue weighted by molar-refractivity contribution is -0.113. The molecular formula is C15H22N2O3S. The summed E-state index contributed by atoms with van der Waals surface area (Å²) in [6, 6.07) is 5.54. The third-order valence-electron chi connectivity index (χ3n) is 2.90. The van der Waals surface area contributed by atoms with Crippen LogP contribution in [-0.4, -0.2) is 41.6 Å². The standard InChI is InChI=1S/C15H22N2O3S/c1-15(2,3)16-7-10(18)8-20-12-6-4-5-11-14(12)21-9-13(19)17-11/h4-6,10,16,18H,7-9H2,1-3H3,(H,17,19). The van der Waals surface area contributed by atoms with Gasteiger partial charge in [-0.05, 0) is 32.9 Å². The van der Waals surface area contributed by atoms with E-state index in [0.29, 0.717) is 18.0 Å². The van der Waals surface area contributed by atoms with Crippen LogP contribution >= 0.6 is 11.8 Å². The van der Waals surface area contributed by atoms with Crippen molar-refractivity contribution in [3.8, 4) is 5.75 Å². The summed E-state index contributed by atoms with van der Waals surface area (Å²) in [6.07, 6.45) is -0.580. The molecule has 5 nitrogen and oxygen atoms in total. The fourth-order valence-electron chi connectivity index (χ4n) is 1.87. The summed E-state index contributed by atoms with van der Waals surface area (Å²) >= 11 is 1.46. The molecule has 1 atom stereocenters. The summed E-state index contributed by atoms with van der Waals surface area (Å²) in [6.45, 7) is 6.84. The number of nitrogens with one attached hydrogen (secondary N) is 2. The number of fused-ring (bicyclic) bond motifs is 1. The predicted molar refractivity (Wildman–Crippen MR) is 85.1 cm³/mol. The Hall–Kier alpha value is -1.24. The van der Waals surface area contributed by atoms with Gasteiger partial charge in [-0.2, -0.15) is 0 Å². The molecule has 1 amide bonds. The van der Waals surface area contributed by atoms with Gasteiger partial charge < -0.3 is 20.5 Å². The highest BCUT2D eigenvalue weighted by atomic mass is 32.2. The highest BCUT2D eigenvalue weighted by Crippen LogP contribution is 2.38. The Labute approximate surface area is 129 Å². The van der Waals surface area contributed by atoms with E-state index in [9.17, 15) is 9.90 Å². The number of ether oxygens (including phenoxy) is 1. The van der Waals surface area contributed by atoms with E-state index in [1.807, 2.05) is 39.0 Å². The van der Waals surface area contributed by atoms with Crippen LogP contribution in [0.2, 0.25) is 0 Å². The fraction of sp³-hybridized carbons (Fsp3) is 0.533. The lowest BCUT2D eigenvalue weighted by atomic mass is 10.1. The van der Waals surface area contributed by atoms with Crippen molar-refractivity contribution in [3.63, 3.8) is 0 Å². The molecule has 1 aromatic carbocycles. The van der Waals surface area contributed by atoms with Gasteiger partial charge in [-0.15, -0.1) is 11.8 Å². The number of aliphatic hydroxyl groups excluding tert-OH is 1. The fourth-order valence-corrected chi connectivity index (χ4v) is 2.76. The molecule has 0 spiro atoms. The molecule has 0 bridgehead atoms. The van der Waals surface area contributed by atoms with E-state index < -0.39 is 6.10 Å². The molecule has 0 saturated carbocycles. The largest absolute Gasteiger partial charge is 0.490 e. The zero-order valence-corrected chi connectivity index (χ0v) is 13.4. The van der Waals surface area contributed by atoms with Gasteiger partial charge in [0.1, 0.15) is 18.5 Å². The van der Waals surface area contributed by atoms with Crippen LogP contribution in [-0.2, 0) is 4.79 Å². The number of benzene rings is 1. The predicted octanol–water partition coefficient (Wildman–Crippen LogP) is 1.86. The van der Waals surface area contributed by atoms with Gasteiger partial charge >= 0.3 is 0 Å². The lowest BCUT2D eigenvalue weighted by Crippen LogP contribution is -2.42. The Morgan fingerprint density at radius 2 is 2.24 bits per heavy atom. The summed E-state index contributed by atoms with van der Waals surface area (Å²) in [5, 5.41) is 16.0. The maximum absolute atomic E-state index is 11.4. The van der Waals surface area contributed by atoms with Gasteiger partial charge in [0, 0.05) is 12.1 Å². The number of rotatable bonds is 5. The molecule has 116 valence electrons. The van der Waals surface area contributed by atoms with Gasteiger partial charge in [-0.3, -0.25) is 4.79 Å². The van der Waals surface area contributed by atoms with Crippen LogP contribution in [0, 0.1) is 0 Å². The number of hydrogen-bond donors (Lipinski definition) is 3. The third-order valence-corrected chi connectivity index (χ3v) is 4.02. The summed E-state index contributed by atoms with van der Waals surface area (Å²) in [5.74, 6) is 1.09. The number of aliphatic hydroxyl groups is 1. The molecule has 1 aliphatic heterocycles. The van der Waals surface area contributed by atoms with Crippen LogP contribution in [0.4, 0.5) is 5.69 Å². The molecule has 0 aromatic heterocycles. The first-order chi connectivity index (χ1) is 9.85. The van der Waals surface area contributed by atoms with Crippen LogP contribution in [0.15, 0.2) is 23.1 Å². The molecule has 6 heteroatoms. The van der Waals surface area contributed by atoms with Crippen molar-refractivity contribution in [2.45, 2.75) is 37.3 Å². The Morgan fingerprint density at radius 3 is 2.95 bits per heavy atom. The van der Waals surface area contributed by atoms with Crippen LogP contribution < -0.4 is 15.4 Å². The number of anilines is 1. The van der Waals surface area contributed by atoms with Gasteiger partial charge in [0.25, 0.3) is 0 Å². The van der Waals surface area contributed by atoms with Crippen LogP contribution in [0.25, 0.3) is 0 Å². The molecule has 2 rings (SSSR count). The van der Waals surface area contributed by atoms with E-state index >= 15 is 0 Å². The molecule has 0 radical (unpaired) electrons. The lowest BCUT2D eigenvalue weighted by Gasteiger charge is -2.24. The van der Waals surface area contributed by atoms with Crippen molar-refractivity contribution >= 4 is 23.4 Å². The van der Waals surface area contributed by atoms with Crippen LogP contribution in [0.5, 0.6) is 5.75 Å². The van der Waals surface area contributed by atoms with E-state index in [1.54, 1.807) is 0 Å². The van der Waals surface area contributed by atoms with Crippen molar-refractivity contribution in [2.75, 3.05) is 24.2 Å². The number of carbonyl (C=O) groups excluding carboxylic acids is 1. The minimum atomic E-state index is -0.580. The second-order valence-corrected chi connectivity index (χ2v) is 7.05. The number of hydrogen-bond acceptors (Lipinski definition) is 5. The van der Waals surface area contributed by atoms with Crippen molar-refractivity contribution in [1.82, 2.24) is 5.32 Å². The van der Waals surface area contributed by atoms with Gasteiger partial charge in [0.15, 0.2) is 0 Å². The van der Waals surface area contributed by atoms with Crippen molar-refractivity contribution in [1.29, 1.82) is 0 Å². The van der Waals surface area contributed by atoms with E-state index in [1.165, 1.54) is 11.8 Å². The molecule has 1 unspecified atom stereocenters. The van der Waals surface area contributed by atoms with E-state index in [0.717, 1.165) is 10.6 Å². The van der Waals surface area contributed by atoms with Gasteiger partial charge in [0.05, 0.1) is 16.3 Å². The molecular weight excluding hydrogens is 288 g/mol. The highest BCUT2D eigenvalue weighted by Gasteiger charge is 2.20. The van der Waals surface area contributed by atoms with Crippen molar-refractivity contribution in [3.05, 3.63) is 18.2 Å². The quantitative estimate of drug-likeness (QED) is 0.774. The van der Waals surface area contributed by atoms with E-state index in [2.05, 4.69) is 10.6 Å². The minimum absolute atomic E-state index is 0.000869. The average molecular weight is 310 g/mol. The average Bonchev–Trinajstić information content (AvgIpc) is 2.41. The minimum Gasteiger partial charge on any atom is -0.490 e. The Bertz CT molecular complexity index is 514. The maximum Gasteiger partial charge on any atom is 0.234 e. The maximum atomic E-state index is 11.4. The number of carbonyl (C=O) groups is 1. The van der Waals surface area contributed by atoms with Crippen molar-refractivity contribution in [2.24, 2.45) is 0 Å². The second-order valence-electron chi connectivity index (χ2n) is 6.07. The molecule has 3 N–H and O–H groups in total. The SMILES string of the molecule is CC(C)(C)NCC(O)COc1cccc2c1SCC(=O)N2. The first kappa shape index (κ1) is 16.1. The summed E-state index contributed by atoms with van der Waals surface area (Å²) in [5.41, 5.74) is 0.739. The Balaban J connectivity index is 1.92. The molecule has 1 aromatic rings. The number of amides is 1. The zero-order valence-electron chi connectivity index (χ0n) is 12.6. The molecule has 21 heavy (non-hydrogen) atoms. The second kappa shape index (κ2) is 6.68. The van der Waals surface area contributed by atoms with Gasteiger partial charge in [0.2, 0.25) is 5.91 Å². The topological polar surface area (TPSA) is 70.6 Å². The van der Waals surface area contributed by atoms with Crippen molar-refractivity contribution < 1.29 is 14.6 Å². The van der Waals surface area contributed by atoms with E-state index in [4.69, 9.17) is 4.74 Å². The Kier molecular flexibility index (Phi) is 5.13. The molecule has 1 heterocycles. The normalized spacial score (nSPS) is 16.1. The first-order valence-corrected chi connectivity index (χ1v) is 7.95. The molecule has 1 aliphatic rings. The van der Waals surface area contributed by atoms with Gasteiger partial charge in [-0.1, -0.05) is 6.07 Å². The van der Waals surface area contributed by atoms with Gasteiger partial charge in [-0.25, -0.2) is 0 Å². The highest BCUT2D eigenvalue weighted by molar-refractivity contribution is 8.00. The molecule has 0 saturated heterocycles. The smallest absolute Gasteiger partial charge is 0.234 e. The van der Waals surface area contributed by atoms with Crippen LogP contribution in [0.1, 0.15) is 20.8 Å². The monoisotopic (exact) mass is 310 g/mol. The molecule has 0 fully saturated rings. The zero-order chi connectivity index (χ0) is 15.5. The number of β-amino-alcohol motifs (C(OH)–C–C–N with tert-alkyl or cyclic N) is 1. The summed E-state index contributed by atoms with van der Waals surface area (Å²) < 4.78 is 5.70. The number of thioether (sulfide) groups is 1. The Morgan fingerprint density at radius 1 is 1.48 bits per heavy atom. The summed E-state index contributed by atoms with van der Waals surface area (Å²) in [7, 11) is 0.